The molecule has 142 valence electrons. The number of thiophene rings is 1. The molecule has 1 aromatic heterocycles. The molecule has 0 aliphatic rings. The van der Waals surface area contributed by atoms with Gasteiger partial charge in [-0.2, -0.15) is 0 Å². The quantitative estimate of drug-likeness (QED) is 0.522. The lowest BCUT2D eigenvalue weighted by molar-refractivity contribution is -0.136. The highest BCUT2D eigenvalue weighted by molar-refractivity contribution is 8.20. The average Bonchev–Trinajstić information content (AvgIpc) is 3.01. The van der Waals surface area contributed by atoms with Gasteiger partial charge in [-0.15, -0.1) is 23.0 Å². The van der Waals surface area contributed by atoms with Gasteiger partial charge in [-0.05, 0) is 60.3 Å². The Morgan fingerprint density at radius 2 is 1.74 bits per heavy atom. The maximum Gasteiger partial charge on any atom is 0.303 e. The molecule has 27 heavy (non-hydrogen) atoms. The molecule has 0 radical (unpaired) electrons. The van der Waals surface area contributed by atoms with E-state index in [1.54, 1.807) is 12.1 Å². The van der Waals surface area contributed by atoms with Crippen LogP contribution in [0.1, 0.15) is 21.7 Å². The molecule has 4 nitrogen and oxygen atoms in total. The second kappa shape index (κ2) is 7.61. The third-order valence-corrected chi connectivity index (χ3v) is 5.78. The highest BCUT2D eigenvalue weighted by Gasteiger charge is 2.24. The van der Waals surface area contributed by atoms with Gasteiger partial charge in [0.1, 0.15) is 0 Å². The normalized spacial score (nSPS) is 12.1. The van der Waals surface area contributed by atoms with Crippen LogP contribution in [0.5, 0.6) is 0 Å². The molecule has 9 heteroatoms. The number of anilines is 1. The van der Waals surface area contributed by atoms with Gasteiger partial charge in [-0.3, -0.25) is 9.59 Å². The smallest absolute Gasteiger partial charge is 0.303 e. The molecule has 0 spiro atoms. The van der Waals surface area contributed by atoms with Gasteiger partial charge in [0.05, 0.1) is 11.3 Å². The molecule has 3 rings (SSSR count). The highest BCUT2D eigenvalue weighted by atomic mass is 32.3. The summed E-state index contributed by atoms with van der Waals surface area (Å²) in [5.41, 5.74) is 0.649. The van der Waals surface area contributed by atoms with Crippen LogP contribution in [-0.4, -0.2) is 17.0 Å². The summed E-state index contributed by atoms with van der Waals surface area (Å²) >= 11 is -3.82. The summed E-state index contributed by atoms with van der Waals surface area (Å²) in [6.07, 6.45) is 0.482. The van der Waals surface area contributed by atoms with Gasteiger partial charge >= 0.3 is 5.97 Å². The zero-order valence-electron chi connectivity index (χ0n) is 13.7. The molecule has 0 fully saturated rings. The predicted molar refractivity (Wildman–Crippen MR) is 101 cm³/mol. The van der Waals surface area contributed by atoms with Crippen molar-refractivity contribution in [2.45, 2.75) is 17.7 Å². The number of carboxylic acids is 1. The molecular formula is C18H14F3NO3S2. The maximum atomic E-state index is 12.7. The van der Waals surface area contributed by atoms with Gasteiger partial charge in [0.2, 0.25) is 11.2 Å². The van der Waals surface area contributed by atoms with Crippen LogP contribution in [0.25, 0.3) is 10.1 Å². The van der Waals surface area contributed by atoms with Crippen LogP contribution in [0.2, 0.25) is 0 Å². The Labute approximate surface area is 158 Å². The van der Waals surface area contributed by atoms with Gasteiger partial charge in [0.15, 0.2) is 0 Å². The van der Waals surface area contributed by atoms with E-state index in [1.807, 2.05) is 12.1 Å². The zero-order chi connectivity index (χ0) is 19.6. The van der Waals surface area contributed by atoms with E-state index in [0.717, 1.165) is 39.2 Å². The number of aliphatic carboxylic acids is 1. The number of hydrogen-bond donors (Lipinski definition) is 2. The second-order valence-corrected chi connectivity index (χ2v) is 8.20. The van der Waals surface area contributed by atoms with Gasteiger partial charge < -0.3 is 10.4 Å². The van der Waals surface area contributed by atoms with E-state index >= 15 is 0 Å². The number of carbonyl (C=O) groups is 2. The van der Waals surface area contributed by atoms with Crippen molar-refractivity contribution < 1.29 is 26.4 Å². The number of amides is 1. The molecule has 0 bridgehead atoms. The van der Waals surface area contributed by atoms with Crippen LogP contribution < -0.4 is 5.32 Å². The molecule has 0 saturated carbocycles. The summed E-state index contributed by atoms with van der Waals surface area (Å²) in [6.45, 7) is 0. The van der Waals surface area contributed by atoms with Gasteiger partial charge in [0.25, 0.3) is 5.91 Å². The molecule has 3 aromatic rings. The van der Waals surface area contributed by atoms with E-state index in [4.69, 9.17) is 5.11 Å². The summed E-state index contributed by atoms with van der Waals surface area (Å²) in [5.74, 6) is -1.36. The topological polar surface area (TPSA) is 66.4 Å². The Bertz CT molecular complexity index is 997. The predicted octanol–water partition coefficient (Wildman–Crippen LogP) is 5.99. The number of carboxylic acid groups (broad SMARTS) is 1. The van der Waals surface area contributed by atoms with E-state index in [1.165, 1.54) is 11.3 Å². The fourth-order valence-corrected chi connectivity index (χ4v) is 3.98. The molecule has 0 unspecified atom stereocenters. The Morgan fingerprint density at radius 1 is 1.04 bits per heavy atom. The summed E-state index contributed by atoms with van der Waals surface area (Å²) in [4.78, 5) is 23.1. The molecule has 0 atom stereocenters. The van der Waals surface area contributed by atoms with Gasteiger partial charge in [-0.1, -0.05) is 0 Å². The number of fused-ring (bicyclic) bond motifs is 1. The van der Waals surface area contributed by atoms with Crippen molar-refractivity contribution in [1.29, 1.82) is 0 Å². The molecule has 0 aliphatic heterocycles. The summed E-state index contributed by atoms with van der Waals surface area (Å²) in [5, 5.41) is 12.3. The number of halogens is 3. The van der Waals surface area contributed by atoms with Crippen LogP contribution in [0, 0.1) is 0 Å². The van der Waals surface area contributed by atoms with Crippen molar-refractivity contribution in [3.05, 3.63) is 59.0 Å². The third kappa shape index (κ3) is 4.81. The maximum absolute atomic E-state index is 12.7. The molecule has 2 N–H and O–H groups in total. The standard InChI is InChI=1S/C18H14F3NO3S2/c19-27(20,21)15-5-1-11(2-6-15)18(25)22-13-3-7-16-12(9-13)10-14(26-16)4-8-17(23)24/h1-3,5-7,9-10H,4,8H2,(H,22,25)(H,23,24). The number of benzene rings is 2. The second-order valence-electron chi connectivity index (χ2n) is 5.74. The lowest BCUT2D eigenvalue weighted by atomic mass is 10.2. The molecular weight excluding hydrogens is 399 g/mol. The molecule has 1 heterocycles. The van der Waals surface area contributed by atoms with E-state index in [-0.39, 0.29) is 12.0 Å². The monoisotopic (exact) mass is 413 g/mol. The number of hydrogen-bond acceptors (Lipinski definition) is 3. The van der Waals surface area contributed by atoms with Crippen LogP contribution in [0.15, 0.2) is 53.4 Å². The minimum absolute atomic E-state index is 0.0477. The zero-order valence-corrected chi connectivity index (χ0v) is 15.4. The molecule has 2 aromatic carbocycles. The summed E-state index contributed by atoms with van der Waals surface area (Å²) < 4.78 is 39.0. The van der Waals surface area contributed by atoms with E-state index in [0.29, 0.717) is 12.1 Å². The molecule has 0 saturated heterocycles. The lowest BCUT2D eigenvalue weighted by Gasteiger charge is -2.10. The number of aryl methyl sites for hydroxylation is 1. The van der Waals surface area contributed by atoms with Crippen molar-refractivity contribution in [2.24, 2.45) is 0 Å². The SMILES string of the molecule is O=C(O)CCc1cc2cc(NC(=O)c3ccc(S(F)(F)F)cc3)ccc2s1. The van der Waals surface area contributed by atoms with Crippen LogP contribution in [0.4, 0.5) is 17.3 Å². The number of nitrogens with one attached hydrogen (secondary N) is 1. The molecule has 1 amide bonds. The van der Waals surface area contributed by atoms with Crippen molar-refractivity contribution in [3.63, 3.8) is 0 Å². The first-order valence-electron chi connectivity index (χ1n) is 7.80. The minimum Gasteiger partial charge on any atom is -0.481 e. The van der Waals surface area contributed by atoms with Gasteiger partial charge in [-0.25, -0.2) is 0 Å². The summed E-state index contributed by atoms with van der Waals surface area (Å²) in [6, 6.07) is 11.3. The Morgan fingerprint density at radius 3 is 2.37 bits per heavy atom. The van der Waals surface area contributed by atoms with Crippen LogP contribution in [0.3, 0.4) is 0 Å². The van der Waals surface area contributed by atoms with Crippen molar-refractivity contribution in [1.82, 2.24) is 0 Å². The number of carbonyl (C=O) groups excluding carboxylic acids is 1. The van der Waals surface area contributed by atoms with Crippen molar-refractivity contribution >= 4 is 50.2 Å². The average molecular weight is 413 g/mol. The van der Waals surface area contributed by atoms with Gasteiger partial charge in [0, 0.05) is 20.8 Å². The minimum atomic E-state index is -5.30. The van der Waals surface area contributed by atoms with Crippen molar-refractivity contribution in [2.75, 3.05) is 5.32 Å². The van der Waals surface area contributed by atoms with E-state index < -0.39 is 28.0 Å². The first-order valence-corrected chi connectivity index (χ1v) is 9.95. The fraction of sp³-hybridized carbons (Fsp3) is 0.111. The summed E-state index contributed by atoms with van der Waals surface area (Å²) in [7, 11) is 0. The molecule has 0 aliphatic carbocycles. The Kier molecular flexibility index (Phi) is 5.43. The van der Waals surface area contributed by atoms with E-state index in [9.17, 15) is 21.2 Å². The lowest BCUT2D eigenvalue weighted by Crippen LogP contribution is -2.11. The van der Waals surface area contributed by atoms with E-state index in [2.05, 4.69) is 5.32 Å². The van der Waals surface area contributed by atoms with Crippen molar-refractivity contribution in [3.8, 4) is 0 Å². The Hall–Kier alpha value is -2.52. The number of rotatable bonds is 6. The van der Waals surface area contributed by atoms with Crippen LogP contribution in [-0.2, 0) is 11.2 Å². The first kappa shape index (κ1) is 19.2. The highest BCUT2D eigenvalue weighted by Crippen LogP contribution is 2.60. The first-order chi connectivity index (χ1) is 12.7. The fourth-order valence-electron chi connectivity index (χ4n) is 2.49. The van der Waals surface area contributed by atoms with Crippen LogP contribution >= 0.6 is 22.5 Å². The largest absolute Gasteiger partial charge is 0.481 e. The third-order valence-electron chi connectivity index (χ3n) is 3.79. The Balaban J connectivity index is 1.73.